The molecule has 3 aliphatic rings. The molecule has 0 saturated carbocycles. The summed E-state index contributed by atoms with van der Waals surface area (Å²) in [7, 11) is -1.67. The van der Waals surface area contributed by atoms with Gasteiger partial charge < -0.3 is 14.2 Å². The van der Waals surface area contributed by atoms with Crippen LogP contribution in [-0.4, -0.2) is 94.7 Å². The van der Waals surface area contributed by atoms with Gasteiger partial charge in [-0.3, -0.25) is 4.90 Å². The lowest BCUT2D eigenvalue weighted by Crippen LogP contribution is -2.50. The Bertz CT molecular complexity index is 439. The van der Waals surface area contributed by atoms with Gasteiger partial charge in [0.2, 0.25) is 10.0 Å². The van der Waals surface area contributed by atoms with E-state index in [1.807, 2.05) is 0 Å². The highest BCUT2D eigenvalue weighted by atomic mass is 32.2. The molecule has 0 bridgehead atoms. The summed E-state index contributed by atoms with van der Waals surface area (Å²) in [6.07, 6.45) is -0.0373. The first-order valence-electron chi connectivity index (χ1n) is 7.03. The zero-order chi connectivity index (χ0) is 14.2. The van der Waals surface area contributed by atoms with Crippen molar-refractivity contribution in [1.29, 1.82) is 0 Å². The highest BCUT2D eigenvalue weighted by Gasteiger charge is 2.46. The fraction of sp³-hybridized carbons (Fsp3) is 1.00. The molecule has 7 nitrogen and oxygen atoms in total. The zero-order valence-electron chi connectivity index (χ0n) is 11.7. The van der Waals surface area contributed by atoms with Gasteiger partial charge in [-0.2, -0.15) is 4.31 Å². The molecule has 0 spiro atoms. The largest absolute Gasteiger partial charge is 0.383 e. The molecule has 3 fully saturated rings. The number of hydrogen-bond acceptors (Lipinski definition) is 6. The average molecular weight is 306 g/mol. The maximum absolute atomic E-state index is 12.4. The molecule has 0 amide bonds. The predicted octanol–water partition coefficient (Wildman–Crippen LogP) is -1.25. The average Bonchev–Trinajstić information content (AvgIpc) is 2.66. The van der Waals surface area contributed by atoms with Crippen LogP contribution in [0.15, 0.2) is 0 Å². The number of fused-ring (bicyclic) bond motifs is 1. The molecule has 3 saturated heterocycles. The van der Waals surface area contributed by atoms with Crippen molar-refractivity contribution in [2.45, 2.75) is 18.2 Å². The molecule has 20 heavy (non-hydrogen) atoms. The first kappa shape index (κ1) is 14.7. The fourth-order valence-corrected chi connectivity index (χ4v) is 4.58. The van der Waals surface area contributed by atoms with E-state index in [2.05, 4.69) is 4.90 Å². The quantitative estimate of drug-likeness (QED) is 0.646. The Morgan fingerprint density at radius 3 is 2.75 bits per heavy atom. The van der Waals surface area contributed by atoms with Crippen LogP contribution in [-0.2, 0) is 24.2 Å². The molecule has 0 aliphatic carbocycles. The molecule has 0 radical (unpaired) electrons. The maximum atomic E-state index is 12.4. The Morgan fingerprint density at radius 1 is 1.30 bits per heavy atom. The van der Waals surface area contributed by atoms with Crippen LogP contribution in [0.3, 0.4) is 0 Å². The summed E-state index contributed by atoms with van der Waals surface area (Å²) in [6.45, 7) is 4.09. The van der Waals surface area contributed by atoms with E-state index in [1.165, 1.54) is 0 Å². The van der Waals surface area contributed by atoms with Crippen molar-refractivity contribution in [3.05, 3.63) is 0 Å². The monoisotopic (exact) mass is 306 g/mol. The lowest BCUT2D eigenvalue weighted by Gasteiger charge is -2.35. The predicted molar refractivity (Wildman–Crippen MR) is 72.1 cm³/mol. The second-order valence-electron chi connectivity index (χ2n) is 5.54. The van der Waals surface area contributed by atoms with Gasteiger partial charge in [-0.05, 0) is 0 Å². The van der Waals surface area contributed by atoms with Crippen molar-refractivity contribution in [2.24, 2.45) is 0 Å². The minimum absolute atomic E-state index is 0.0373. The van der Waals surface area contributed by atoms with Crippen LogP contribution in [0, 0.1) is 0 Å². The summed E-state index contributed by atoms with van der Waals surface area (Å²) < 4.78 is 42.4. The van der Waals surface area contributed by atoms with E-state index < -0.39 is 10.0 Å². The van der Waals surface area contributed by atoms with Gasteiger partial charge in [-0.15, -0.1) is 0 Å². The normalized spacial score (nSPS) is 35.5. The topological polar surface area (TPSA) is 68.3 Å². The van der Waals surface area contributed by atoms with Crippen LogP contribution in [0.5, 0.6) is 0 Å². The summed E-state index contributed by atoms with van der Waals surface area (Å²) in [5.41, 5.74) is 0. The Hall–Kier alpha value is -0.250. The molecule has 0 unspecified atom stereocenters. The number of nitrogens with zero attached hydrogens (tertiary/aromatic N) is 2. The molecule has 0 aromatic rings. The fourth-order valence-electron chi connectivity index (χ4n) is 3.07. The van der Waals surface area contributed by atoms with Crippen molar-refractivity contribution in [3.63, 3.8) is 0 Å². The summed E-state index contributed by atoms with van der Waals surface area (Å²) in [6, 6.07) is 0.316. The number of sulfonamides is 1. The highest BCUT2D eigenvalue weighted by molar-refractivity contribution is 7.89. The lowest BCUT2D eigenvalue weighted by molar-refractivity contribution is -0.0619. The third-order valence-electron chi connectivity index (χ3n) is 4.32. The number of rotatable bonds is 4. The van der Waals surface area contributed by atoms with E-state index >= 15 is 0 Å². The first-order valence-corrected chi connectivity index (χ1v) is 8.64. The smallest absolute Gasteiger partial charge is 0.216 e. The zero-order valence-corrected chi connectivity index (χ0v) is 12.5. The SMILES string of the molecule is COCCN1[C@@H]2CN(C3COC3)C[C@@H]2OCCS1(=O)=O. The Labute approximate surface area is 119 Å². The molecule has 8 heteroatoms. The molecule has 3 heterocycles. The van der Waals surface area contributed by atoms with Crippen LogP contribution < -0.4 is 0 Å². The van der Waals surface area contributed by atoms with Crippen molar-refractivity contribution < 1.29 is 22.6 Å². The molecule has 3 aliphatic heterocycles. The van der Waals surface area contributed by atoms with E-state index in [4.69, 9.17) is 14.2 Å². The summed E-state index contributed by atoms with van der Waals surface area (Å²) in [5, 5.41) is 0. The molecule has 2 atom stereocenters. The van der Waals surface area contributed by atoms with E-state index in [0.717, 1.165) is 26.3 Å². The van der Waals surface area contributed by atoms with Gasteiger partial charge in [0, 0.05) is 26.7 Å². The maximum Gasteiger partial charge on any atom is 0.216 e. The van der Waals surface area contributed by atoms with E-state index in [1.54, 1.807) is 11.4 Å². The van der Waals surface area contributed by atoms with Gasteiger partial charge in [0.15, 0.2) is 0 Å². The summed E-state index contributed by atoms with van der Waals surface area (Å²) in [5.74, 6) is 0.0657. The van der Waals surface area contributed by atoms with Crippen LogP contribution >= 0.6 is 0 Å². The third kappa shape index (κ3) is 2.72. The number of ether oxygens (including phenoxy) is 3. The Morgan fingerprint density at radius 2 is 2.10 bits per heavy atom. The van der Waals surface area contributed by atoms with Gasteiger partial charge in [-0.1, -0.05) is 0 Å². The Balaban J connectivity index is 1.76. The lowest BCUT2D eigenvalue weighted by atomic mass is 10.2. The molecular formula is C12H22N2O5S. The van der Waals surface area contributed by atoms with Crippen molar-refractivity contribution in [3.8, 4) is 0 Å². The van der Waals surface area contributed by atoms with E-state index in [9.17, 15) is 8.42 Å². The van der Waals surface area contributed by atoms with Crippen molar-refractivity contribution in [1.82, 2.24) is 9.21 Å². The molecule has 116 valence electrons. The van der Waals surface area contributed by atoms with E-state index in [-0.39, 0.29) is 24.5 Å². The van der Waals surface area contributed by atoms with Crippen LogP contribution in [0.2, 0.25) is 0 Å². The minimum atomic E-state index is -3.25. The standard InChI is InChI=1S/C12H22N2O5S/c1-17-3-2-14-11-6-13(10-8-18-9-10)7-12(11)19-4-5-20(14,15)16/h10-12H,2-9H2,1H3/t11-,12+/m1/s1. The molecule has 0 aromatic heterocycles. The van der Waals surface area contributed by atoms with Crippen molar-refractivity contribution in [2.75, 3.05) is 58.9 Å². The number of methoxy groups -OCH3 is 1. The molecule has 0 N–H and O–H groups in total. The minimum Gasteiger partial charge on any atom is -0.383 e. The number of hydrogen-bond donors (Lipinski definition) is 0. The number of likely N-dealkylation sites (tertiary alicyclic amines) is 1. The summed E-state index contributed by atoms with van der Waals surface area (Å²) >= 11 is 0. The van der Waals surface area contributed by atoms with Crippen LogP contribution in [0.1, 0.15) is 0 Å². The van der Waals surface area contributed by atoms with Crippen molar-refractivity contribution >= 4 is 10.0 Å². The first-order chi connectivity index (χ1) is 9.62. The molecule has 3 rings (SSSR count). The van der Waals surface area contributed by atoms with Crippen LogP contribution in [0.25, 0.3) is 0 Å². The third-order valence-corrected chi connectivity index (χ3v) is 6.17. The molecular weight excluding hydrogens is 284 g/mol. The van der Waals surface area contributed by atoms with Gasteiger partial charge in [-0.25, -0.2) is 8.42 Å². The molecule has 0 aromatic carbocycles. The van der Waals surface area contributed by atoms with Gasteiger partial charge >= 0.3 is 0 Å². The van der Waals surface area contributed by atoms with Gasteiger partial charge in [0.1, 0.15) is 0 Å². The van der Waals surface area contributed by atoms with Gasteiger partial charge in [0.05, 0.1) is 50.4 Å². The highest BCUT2D eigenvalue weighted by Crippen LogP contribution is 2.27. The Kier molecular flexibility index (Phi) is 4.30. The van der Waals surface area contributed by atoms with Gasteiger partial charge in [0.25, 0.3) is 0 Å². The van der Waals surface area contributed by atoms with Crippen LogP contribution in [0.4, 0.5) is 0 Å². The second kappa shape index (κ2) is 5.86. The summed E-state index contributed by atoms with van der Waals surface area (Å²) in [4.78, 5) is 2.29. The van der Waals surface area contributed by atoms with E-state index in [0.29, 0.717) is 19.2 Å². The second-order valence-corrected chi connectivity index (χ2v) is 7.58.